The van der Waals surface area contributed by atoms with Gasteiger partial charge in [-0.3, -0.25) is 0 Å². The molecule has 0 unspecified atom stereocenters. The van der Waals surface area contributed by atoms with Gasteiger partial charge in [0.2, 0.25) is 0 Å². The largest absolute Gasteiger partial charge is 0.497 e. The molecule has 0 aliphatic heterocycles. The second-order valence-electron chi connectivity index (χ2n) is 4.27. The van der Waals surface area contributed by atoms with Crippen molar-refractivity contribution in [3.63, 3.8) is 0 Å². The quantitative estimate of drug-likeness (QED) is 0.434. The number of carbonyl (C=O) groups is 1. The van der Waals surface area contributed by atoms with Crippen molar-refractivity contribution >= 4 is 12.0 Å². The molecule has 0 saturated carbocycles. The van der Waals surface area contributed by atoms with Crippen LogP contribution in [-0.2, 0) is 9.53 Å². The van der Waals surface area contributed by atoms with Gasteiger partial charge >= 0.3 is 5.97 Å². The second kappa shape index (κ2) is 8.76. The van der Waals surface area contributed by atoms with E-state index in [9.17, 15) is 4.79 Å². The van der Waals surface area contributed by atoms with Gasteiger partial charge in [-0.2, -0.15) is 5.26 Å². The van der Waals surface area contributed by atoms with Crippen molar-refractivity contribution in [1.29, 1.82) is 5.26 Å². The van der Waals surface area contributed by atoms with E-state index in [4.69, 9.17) is 14.7 Å². The number of rotatable bonds is 7. The summed E-state index contributed by atoms with van der Waals surface area (Å²) in [4.78, 5) is 11.9. The van der Waals surface area contributed by atoms with Crippen LogP contribution in [0.4, 0.5) is 0 Å². The summed E-state index contributed by atoms with van der Waals surface area (Å²) in [6.07, 6.45) is 3.51. The molecule has 0 fully saturated rings. The van der Waals surface area contributed by atoms with Gasteiger partial charge in [0.15, 0.2) is 0 Å². The lowest BCUT2D eigenvalue weighted by molar-refractivity contribution is -0.139. The Balaban J connectivity index is 2.80. The Kier molecular flexibility index (Phi) is 6.91. The zero-order chi connectivity index (χ0) is 14.8. The van der Waals surface area contributed by atoms with Crippen molar-refractivity contribution in [2.75, 3.05) is 13.7 Å². The normalized spacial score (nSPS) is 10.8. The highest BCUT2D eigenvalue weighted by Crippen LogP contribution is 2.16. The summed E-state index contributed by atoms with van der Waals surface area (Å²) in [5, 5.41) is 8.80. The lowest BCUT2D eigenvalue weighted by Crippen LogP contribution is -2.08. The highest BCUT2D eigenvalue weighted by atomic mass is 16.5. The second-order valence-corrected chi connectivity index (χ2v) is 4.27. The summed E-state index contributed by atoms with van der Waals surface area (Å²) in [7, 11) is 1.59. The van der Waals surface area contributed by atoms with E-state index in [0.717, 1.165) is 24.2 Å². The maximum Gasteiger partial charge on any atom is 0.335 e. The predicted molar refractivity (Wildman–Crippen MR) is 77.1 cm³/mol. The average Bonchev–Trinajstić information content (AvgIpc) is 2.47. The molecule has 0 saturated heterocycles. The van der Waals surface area contributed by atoms with Crippen molar-refractivity contribution in [2.24, 2.45) is 0 Å². The van der Waals surface area contributed by atoms with Crippen molar-refractivity contribution in [1.82, 2.24) is 0 Å². The Morgan fingerprint density at radius 2 is 2.05 bits per heavy atom. The average molecular weight is 273 g/mol. The van der Waals surface area contributed by atoms with Gasteiger partial charge in [0.25, 0.3) is 0 Å². The highest BCUT2D eigenvalue weighted by molar-refractivity contribution is 5.94. The van der Waals surface area contributed by atoms with Crippen LogP contribution in [0.5, 0.6) is 5.75 Å². The lowest BCUT2D eigenvalue weighted by atomic mass is 10.1. The van der Waals surface area contributed by atoms with E-state index in [2.05, 4.69) is 0 Å². The predicted octanol–water partition coefficient (Wildman–Crippen LogP) is 3.34. The molecule has 4 heteroatoms. The number of nitrogens with zero attached hydrogens (tertiary/aromatic N) is 1. The van der Waals surface area contributed by atoms with Crippen LogP contribution in [0, 0.1) is 11.3 Å². The van der Waals surface area contributed by atoms with E-state index in [1.807, 2.05) is 25.1 Å². The zero-order valence-corrected chi connectivity index (χ0v) is 11.9. The van der Waals surface area contributed by atoms with Gasteiger partial charge in [-0.05, 0) is 30.2 Å². The first-order valence-corrected chi connectivity index (χ1v) is 6.60. The Morgan fingerprint density at radius 1 is 1.35 bits per heavy atom. The van der Waals surface area contributed by atoms with E-state index in [1.54, 1.807) is 25.3 Å². The third-order valence-corrected chi connectivity index (χ3v) is 2.72. The number of ether oxygens (including phenoxy) is 2. The fraction of sp³-hybridized carbons (Fsp3) is 0.375. The van der Waals surface area contributed by atoms with Crippen LogP contribution in [0.3, 0.4) is 0 Å². The van der Waals surface area contributed by atoms with E-state index in [0.29, 0.717) is 12.2 Å². The first-order chi connectivity index (χ1) is 9.71. The number of nitriles is 1. The van der Waals surface area contributed by atoms with E-state index in [-0.39, 0.29) is 6.42 Å². The summed E-state index contributed by atoms with van der Waals surface area (Å²) in [6.45, 7) is 2.41. The molecule has 0 atom stereocenters. The minimum Gasteiger partial charge on any atom is -0.497 e. The number of esters is 1. The molecule has 0 bridgehead atoms. The topological polar surface area (TPSA) is 59.3 Å². The van der Waals surface area contributed by atoms with E-state index in [1.165, 1.54) is 0 Å². The van der Waals surface area contributed by atoms with Crippen LogP contribution in [-0.4, -0.2) is 19.7 Å². The summed E-state index contributed by atoms with van der Waals surface area (Å²) >= 11 is 0. The Labute approximate surface area is 119 Å². The summed E-state index contributed by atoms with van der Waals surface area (Å²) < 4.78 is 10.2. The van der Waals surface area contributed by atoms with Gasteiger partial charge < -0.3 is 9.47 Å². The number of carbonyl (C=O) groups excluding carboxylic acids is 1. The first kappa shape index (κ1) is 15.8. The summed E-state index contributed by atoms with van der Waals surface area (Å²) in [5.74, 6) is 0.324. The molecule has 0 N–H and O–H groups in total. The molecule has 0 spiro atoms. The number of unbranched alkanes of at least 4 members (excludes halogenated alkanes) is 1. The molecule has 1 aromatic carbocycles. The lowest BCUT2D eigenvalue weighted by Gasteiger charge is -2.06. The smallest absolute Gasteiger partial charge is 0.335 e. The number of hydrogen-bond acceptors (Lipinski definition) is 4. The third kappa shape index (κ3) is 5.15. The molecule has 106 valence electrons. The van der Waals surface area contributed by atoms with Crippen molar-refractivity contribution in [2.45, 2.75) is 26.2 Å². The van der Waals surface area contributed by atoms with Gasteiger partial charge in [-0.15, -0.1) is 0 Å². The molecular formula is C16H19NO3. The van der Waals surface area contributed by atoms with Crippen LogP contribution in [0.1, 0.15) is 31.7 Å². The maximum absolute atomic E-state index is 11.9. The fourth-order valence-corrected chi connectivity index (χ4v) is 1.57. The van der Waals surface area contributed by atoms with Crippen LogP contribution in [0.15, 0.2) is 29.8 Å². The summed E-state index contributed by atoms with van der Waals surface area (Å²) in [6, 6.07) is 9.25. The van der Waals surface area contributed by atoms with Gasteiger partial charge in [0.05, 0.1) is 31.8 Å². The zero-order valence-electron chi connectivity index (χ0n) is 11.9. The molecule has 0 aliphatic carbocycles. The number of hydrogen-bond donors (Lipinski definition) is 0. The first-order valence-electron chi connectivity index (χ1n) is 6.60. The molecule has 20 heavy (non-hydrogen) atoms. The standard InChI is InChI=1S/C16H19NO3/c1-3-4-11-20-16(18)14(9-10-17)12-13-5-7-15(19-2)8-6-13/h5-8,12H,3-4,9,11H2,1-2H3. The van der Waals surface area contributed by atoms with Crippen LogP contribution >= 0.6 is 0 Å². The molecule has 0 radical (unpaired) electrons. The minimum atomic E-state index is -0.421. The Hall–Kier alpha value is -2.28. The molecule has 4 nitrogen and oxygen atoms in total. The van der Waals surface area contributed by atoms with Crippen LogP contribution in [0.25, 0.3) is 6.08 Å². The van der Waals surface area contributed by atoms with E-state index < -0.39 is 5.97 Å². The molecule has 0 amide bonds. The maximum atomic E-state index is 11.9. The van der Waals surface area contributed by atoms with Crippen LogP contribution < -0.4 is 4.74 Å². The molecule has 0 heterocycles. The Morgan fingerprint density at radius 3 is 2.60 bits per heavy atom. The molecule has 1 aromatic rings. The summed E-state index contributed by atoms with van der Waals surface area (Å²) in [5.41, 5.74) is 1.21. The minimum absolute atomic E-state index is 0.0387. The number of methoxy groups -OCH3 is 1. The number of benzene rings is 1. The monoisotopic (exact) mass is 273 g/mol. The molecule has 0 aliphatic rings. The van der Waals surface area contributed by atoms with Crippen LogP contribution in [0.2, 0.25) is 0 Å². The van der Waals surface area contributed by atoms with Gasteiger partial charge in [0, 0.05) is 0 Å². The van der Waals surface area contributed by atoms with Crippen molar-refractivity contribution < 1.29 is 14.3 Å². The highest BCUT2D eigenvalue weighted by Gasteiger charge is 2.10. The third-order valence-electron chi connectivity index (χ3n) is 2.72. The van der Waals surface area contributed by atoms with E-state index >= 15 is 0 Å². The fourth-order valence-electron chi connectivity index (χ4n) is 1.57. The molecule has 1 rings (SSSR count). The molecule has 0 aromatic heterocycles. The van der Waals surface area contributed by atoms with Gasteiger partial charge in [-0.25, -0.2) is 4.79 Å². The van der Waals surface area contributed by atoms with Gasteiger partial charge in [0.1, 0.15) is 5.75 Å². The van der Waals surface area contributed by atoms with Gasteiger partial charge in [-0.1, -0.05) is 25.5 Å². The van der Waals surface area contributed by atoms with Crippen molar-refractivity contribution in [3.05, 3.63) is 35.4 Å². The Bertz CT molecular complexity index is 497. The SMILES string of the molecule is CCCCOC(=O)C(=Cc1ccc(OC)cc1)CC#N. The molecular weight excluding hydrogens is 254 g/mol. The van der Waals surface area contributed by atoms with Crippen molar-refractivity contribution in [3.8, 4) is 11.8 Å².